The van der Waals surface area contributed by atoms with Crippen LogP contribution in [0.4, 0.5) is 0 Å². The van der Waals surface area contributed by atoms with Gasteiger partial charge in [-0.1, -0.05) is 30.3 Å². The molecule has 1 fully saturated rings. The summed E-state index contributed by atoms with van der Waals surface area (Å²) in [7, 11) is 3.28. The van der Waals surface area contributed by atoms with Crippen molar-refractivity contribution in [1.82, 2.24) is 5.32 Å². The summed E-state index contributed by atoms with van der Waals surface area (Å²) in [5.41, 5.74) is 10.2. The molecule has 28 heavy (non-hydrogen) atoms. The van der Waals surface area contributed by atoms with Crippen LogP contribution in [0.1, 0.15) is 29.5 Å². The highest BCUT2D eigenvalue weighted by Gasteiger charge is 2.44. The van der Waals surface area contributed by atoms with Gasteiger partial charge in [0.2, 0.25) is 0 Å². The van der Waals surface area contributed by atoms with Gasteiger partial charge < -0.3 is 20.5 Å². The van der Waals surface area contributed by atoms with Crippen molar-refractivity contribution in [2.24, 2.45) is 10.7 Å². The molecule has 0 amide bonds. The fraction of sp³-hybridized carbons (Fsp3) is 0.409. The Hall–Kier alpha value is -1.96. The number of aryl methyl sites for hydroxylation is 1. The van der Waals surface area contributed by atoms with E-state index in [-0.39, 0.29) is 29.4 Å². The van der Waals surface area contributed by atoms with Crippen molar-refractivity contribution in [3.63, 3.8) is 0 Å². The predicted molar refractivity (Wildman–Crippen MR) is 125 cm³/mol. The minimum Gasteiger partial charge on any atom is -0.493 e. The van der Waals surface area contributed by atoms with Gasteiger partial charge >= 0.3 is 0 Å². The average molecular weight is 495 g/mol. The Morgan fingerprint density at radius 1 is 1.11 bits per heavy atom. The number of nitrogens with zero attached hydrogens (tertiary/aromatic N) is 1. The maximum atomic E-state index is 6.08. The molecule has 1 saturated carbocycles. The van der Waals surface area contributed by atoms with Gasteiger partial charge in [0, 0.05) is 12.0 Å². The number of hydrogen-bond acceptors (Lipinski definition) is 3. The first-order chi connectivity index (χ1) is 13.1. The van der Waals surface area contributed by atoms with E-state index >= 15 is 0 Å². The number of halogens is 1. The van der Waals surface area contributed by atoms with Gasteiger partial charge in [-0.3, -0.25) is 4.99 Å². The number of rotatable bonds is 8. The number of methoxy groups -OCH3 is 2. The predicted octanol–water partition coefficient (Wildman–Crippen LogP) is 3.81. The van der Waals surface area contributed by atoms with E-state index in [1.165, 1.54) is 24.0 Å². The summed E-state index contributed by atoms with van der Waals surface area (Å²) in [6.45, 7) is 3.64. The Balaban J connectivity index is 0.00000280. The molecular formula is C22H30IN3O2. The van der Waals surface area contributed by atoms with Crippen LogP contribution in [0.15, 0.2) is 47.5 Å². The first-order valence-corrected chi connectivity index (χ1v) is 9.39. The first-order valence-electron chi connectivity index (χ1n) is 9.39. The number of aliphatic imine (C=N–C) groups is 1. The summed E-state index contributed by atoms with van der Waals surface area (Å²) < 4.78 is 10.6. The van der Waals surface area contributed by atoms with Crippen molar-refractivity contribution in [3.05, 3.63) is 59.2 Å². The highest BCUT2D eigenvalue weighted by molar-refractivity contribution is 14.0. The lowest BCUT2D eigenvalue weighted by atomic mass is 9.92. The van der Waals surface area contributed by atoms with Gasteiger partial charge in [0.15, 0.2) is 17.5 Å². The molecular weight excluding hydrogens is 465 g/mol. The molecule has 0 radical (unpaired) electrons. The van der Waals surface area contributed by atoms with E-state index in [0.29, 0.717) is 5.96 Å². The van der Waals surface area contributed by atoms with Crippen LogP contribution in [-0.2, 0) is 11.8 Å². The monoisotopic (exact) mass is 495 g/mol. The second-order valence-corrected chi connectivity index (χ2v) is 7.16. The summed E-state index contributed by atoms with van der Waals surface area (Å²) >= 11 is 0. The summed E-state index contributed by atoms with van der Waals surface area (Å²) in [5, 5.41) is 3.22. The molecule has 2 aromatic rings. The van der Waals surface area contributed by atoms with Gasteiger partial charge in [0.25, 0.3) is 0 Å². The summed E-state index contributed by atoms with van der Waals surface area (Å²) in [4.78, 5) is 4.61. The molecule has 0 bridgehead atoms. The quantitative estimate of drug-likeness (QED) is 0.332. The molecule has 0 atom stereocenters. The number of nitrogens with one attached hydrogen (secondary N) is 1. The Morgan fingerprint density at radius 3 is 2.46 bits per heavy atom. The fourth-order valence-electron chi connectivity index (χ4n) is 3.49. The van der Waals surface area contributed by atoms with Crippen molar-refractivity contribution >= 4 is 29.9 Å². The van der Waals surface area contributed by atoms with Gasteiger partial charge in [0.05, 0.1) is 20.8 Å². The SMILES string of the molecule is COc1ccc(CCNC(N)=NCC2(c3ccccc3C)CC2)cc1OC.I. The molecule has 0 aromatic heterocycles. The third-order valence-corrected chi connectivity index (χ3v) is 5.29. The van der Waals surface area contributed by atoms with Crippen molar-refractivity contribution in [2.45, 2.75) is 31.6 Å². The van der Waals surface area contributed by atoms with Crippen LogP contribution in [-0.4, -0.2) is 33.3 Å². The number of benzene rings is 2. The summed E-state index contributed by atoms with van der Waals surface area (Å²) in [6.07, 6.45) is 3.19. The lowest BCUT2D eigenvalue weighted by Gasteiger charge is -2.16. The first kappa shape index (κ1) is 22.3. The standard InChI is InChI=1S/C22H29N3O2.HI/c1-16-6-4-5-7-18(16)22(11-12-22)15-25-21(23)24-13-10-17-8-9-19(26-2)20(14-17)27-3;/h4-9,14H,10-13,15H2,1-3H3,(H3,23,24,25);1H. The van der Waals surface area contributed by atoms with Gasteiger partial charge in [-0.05, 0) is 55.0 Å². The van der Waals surface area contributed by atoms with Crippen LogP contribution < -0.4 is 20.5 Å². The molecule has 0 spiro atoms. The Bertz CT molecular complexity index is 819. The minimum atomic E-state index is 0. The van der Waals surface area contributed by atoms with Crippen LogP contribution in [0.3, 0.4) is 0 Å². The van der Waals surface area contributed by atoms with Crippen LogP contribution >= 0.6 is 24.0 Å². The molecule has 1 aliphatic carbocycles. The van der Waals surface area contributed by atoms with Crippen LogP contribution in [0.25, 0.3) is 0 Å². The highest BCUT2D eigenvalue weighted by Crippen LogP contribution is 2.49. The third kappa shape index (κ3) is 5.31. The normalized spacial score (nSPS) is 14.8. The summed E-state index contributed by atoms with van der Waals surface area (Å²) in [5.74, 6) is 1.99. The molecule has 5 nitrogen and oxygen atoms in total. The third-order valence-electron chi connectivity index (χ3n) is 5.29. The molecule has 3 rings (SSSR count). The van der Waals surface area contributed by atoms with E-state index in [9.17, 15) is 0 Å². The average Bonchev–Trinajstić information content (AvgIpc) is 3.47. The Kier molecular flexibility index (Phi) is 7.98. The lowest BCUT2D eigenvalue weighted by Crippen LogP contribution is -2.34. The van der Waals surface area contributed by atoms with Crippen LogP contribution in [0, 0.1) is 6.92 Å². The molecule has 152 valence electrons. The summed E-state index contributed by atoms with van der Waals surface area (Å²) in [6, 6.07) is 14.5. The van der Waals surface area contributed by atoms with Gasteiger partial charge in [-0.2, -0.15) is 0 Å². The number of nitrogens with two attached hydrogens (primary N) is 1. The van der Waals surface area contributed by atoms with Gasteiger partial charge in [0.1, 0.15) is 0 Å². The zero-order valence-electron chi connectivity index (χ0n) is 16.8. The maximum Gasteiger partial charge on any atom is 0.188 e. The Morgan fingerprint density at radius 2 is 1.82 bits per heavy atom. The lowest BCUT2D eigenvalue weighted by molar-refractivity contribution is 0.354. The van der Waals surface area contributed by atoms with E-state index in [4.69, 9.17) is 15.2 Å². The van der Waals surface area contributed by atoms with Gasteiger partial charge in [-0.25, -0.2) is 0 Å². The van der Waals surface area contributed by atoms with Crippen LogP contribution in [0.5, 0.6) is 11.5 Å². The van der Waals surface area contributed by atoms with Crippen molar-refractivity contribution < 1.29 is 9.47 Å². The van der Waals surface area contributed by atoms with Crippen molar-refractivity contribution in [2.75, 3.05) is 27.3 Å². The van der Waals surface area contributed by atoms with Gasteiger partial charge in [-0.15, -0.1) is 24.0 Å². The van der Waals surface area contributed by atoms with E-state index in [2.05, 4.69) is 41.5 Å². The molecule has 1 aliphatic rings. The zero-order chi connectivity index (χ0) is 19.3. The molecule has 3 N–H and O–H groups in total. The van der Waals surface area contributed by atoms with E-state index < -0.39 is 0 Å². The van der Waals surface area contributed by atoms with Crippen LogP contribution in [0.2, 0.25) is 0 Å². The highest BCUT2D eigenvalue weighted by atomic mass is 127. The second kappa shape index (κ2) is 10.0. The Labute approximate surface area is 184 Å². The topological polar surface area (TPSA) is 68.9 Å². The fourth-order valence-corrected chi connectivity index (χ4v) is 3.49. The number of hydrogen-bond donors (Lipinski definition) is 2. The minimum absolute atomic E-state index is 0. The second-order valence-electron chi connectivity index (χ2n) is 7.16. The molecule has 0 aliphatic heterocycles. The molecule has 0 unspecified atom stereocenters. The zero-order valence-corrected chi connectivity index (χ0v) is 19.2. The molecule has 0 heterocycles. The molecule has 6 heteroatoms. The maximum absolute atomic E-state index is 6.08. The van der Waals surface area contributed by atoms with E-state index in [0.717, 1.165) is 36.6 Å². The number of guanidine groups is 1. The largest absolute Gasteiger partial charge is 0.493 e. The van der Waals surface area contributed by atoms with E-state index in [1.54, 1.807) is 14.2 Å². The van der Waals surface area contributed by atoms with Crippen molar-refractivity contribution in [1.29, 1.82) is 0 Å². The van der Waals surface area contributed by atoms with Crippen molar-refractivity contribution in [3.8, 4) is 11.5 Å². The molecule has 0 saturated heterocycles. The smallest absolute Gasteiger partial charge is 0.188 e. The molecule has 2 aromatic carbocycles. The van der Waals surface area contributed by atoms with E-state index in [1.807, 2.05) is 18.2 Å². The number of ether oxygens (including phenoxy) is 2.